The summed E-state index contributed by atoms with van der Waals surface area (Å²) >= 11 is 0. The molecule has 1 N–H and O–H groups in total. The van der Waals surface area contributed by atoms with E-state index in [4.69, 9.17) is 4.74 Å². The van der Waals surface area contributed by atoms with E-state index in [2.05, 4.69) is 9.97 Å². The predicted molar refractivity (Wildman–Crippen MR) is 96.0 cm³/mol. The number of unbranched alkanes of at least 4 members (excludes halogenated alkanes) is 1. The number of hydrogen-bond acceptors (Lipinski definition) is 5. The van der Waals surface area contributed by atoms with Crippen molar-refractivity contribution >= 4 is 17.1 Å². The van der Waals surface area contributed by atoms with Crippen LogP contribution in [0.5, 0.6) is 0 Å². The Labute approximate surface area is 153 Å². The highest BCUT2D eigenvalue weighted by molar-refractivity contribution is 5.89. The van der Waals surface area contributed by atoms with E-state index in [1.165, 1.54) is 27.3 Å². The van der Waals surface area contributed by atoms with E-state index in [-0.39, 0.29) is 23.3 Å². The number of rotatable bonds is 6. The summed E-state index contributed by atoms with van der Waals surface area (Å²) in [5.41, 5.74) is -0.534. The van der Waals surface area contributed by atoms with Crippen LogP contribution in [0.15, 0.2) is 33.9 Å². The molecule has 0 aliphatic heterocycles. The Bertz CT molecular complexity index is 1110. The number of hydrogen-bond donors (Lipinski definition) is 1. The van der Waals surface area contributed by atoms with Crippen molar-refractivity contribution in [2.24, 2.45) is 7.05 Å². The fourth-order valence-electron chi connectivity index (χ4n) is 2.77. The zero-order valence-electron chi connectivity index (χ0n) is 15.0. The lowest BCUT2D eigenvalue weighted by atomic mass is 10.2. The molecule has 0 amide bonds. The second-order valence-corrected chi connectivity index (χ2v) is 6.11. The maximum Gasteiger partial charge on any atom is 0.338 e. The van der Waals surface area contributed by atoms with Gasteiger partial charge in [-0.15, -0.1) is 0 Å². The molecule has 0 spiro atoms. The van der Waals surface area contributed by atoms with Gasteiger partial charge in [-0.1, -0.05) is 19.4 Å². The SMILES string of the molecule is CCCCn1c(=O)[nH]c(=O)c2c1nc(COC(=O)c1cccc(F)c1)n2C. The van der Waals surface area contributed by atoms with Crippen molar-refractivity contribution in [3.8, 4) is 0 Å². The third-order valence-corrected chi connectivity index (χ3v) is 4.23. The molecule has 3 rings (SSSR count). The number of aryl methyl sites for hydroxylation is 2. The molecule has 0 aliphatic carbocycles. The first-order valence-corrected chi connectivity index (χ1v) is 8.53. The number of benzene rings is 1. The molecule has 0 radical (unpaired) electrons. The van der Waals surface area contributed by atoms with Gasteiger partial charge in [-0.2, -0.15) is 0 Å². The number of nitrogens with zero attached hydrogens (tertiary/aromatic N) is 3. The average molecular weight is 374 g/mol. The van der Waals surface area contributed by atoms with Gasteiger partial charge in [0.25, 0.3) is 5.56 Å². The van der Waals surface area contributed by atoms with Crippen LogP contribution in [0.4, 0.5) is 4.39 Å². The molecule has 0 unspecified atom stereocenters. The fourth-order valence-corrected chi connectivity index (χ4v) is 2.77. The smallest absolute Gasteiger partial charge is 0.338 e. The number of halogens is 1. The molecule has 2 aromatic heterocycles. The average Bonchev–Trinajstić information content (AvgIpc) is 2.96. The summed E-state index contributed by atoms with van der Waals surface area (Å²) in [5, 5.41) is 0. The lowest BCUT2D eigenvalue weighted by Gasteiger charge is -2.05. The van der Waals surface area contributed by atoms with Crippen molar-refractivity contribution in [2.45, 2.75) is 32.9 Å². The Balaban J connectivity index is 1.92. The summed E-state index contributed by atoms with van der Waals surface area (Å²) in [7, 11) is 1.60. The summed E-state index contributed by atoms with van der Waals surface area (Å²) in [6, 6.07) is 5.15. The Morgan fingerprint density at radius 3 is 2.81 bits per heavy atom. The van der Waals surface area contributed by atoms with E-state index in [0.717, 1.165) is 18.9 Å². The number of H-pyrrole nitrogens is 1. The minimum Gasteiger partial charge on any atom is -0.454 e. The number of ether oxygens (including phenoxy) is 1. The lowest BCUT2D eigenvalue weighted by Crippen LogP contribution is -2.31. The van der Waals surface area contributed by atoms with Gasteiger partial charge in [0.2, 0.25) is 0 Å². The van der Waals surface area contributed by atoms with E-state index < -0.39 is 23.0 Å². The Kier molecular flexibility index (Phi) is 5.20. The van der Waals surface area contributed by atoms with Gasteiger partial charge < -0.3 is 9.30 Å². The highest BCUT2D eigenvalue weighted by atomic mass is 19.1. The van der Waals surface area contributed by atoms with Gasteiger partial charge in [0.15, 0.2) is 11.2 Å². The van der Waals surface area contributed by atoms with Gasteiger partial charge in [0.1, 0.15) is 18.2 Å². The molecule has 0 bridgehead atoms. The van der Waals surface area contributed by atoms with Gasteiger partial charge in [0.05, 0.1) is 5.56 Å². The molecule has 1 aromatic carbocycles. The molecule has 8 nitrogen and oxygen atoms in total. The van der Waals surface area contributed by atoms with Crippen LogP contribution >= 0.6 is 0 Å². The van der Waals surface area contributed by atoms with Crippen molar-refractivity contribution in [3.63, 3.8) is 0 Å². The number of aromatic nitrogens is 4. The Hall–Kier alpha value is -3.23. The molecule has 0 aliphatic rings. The van der Waals surface area contributed by atoms with E-state index in [1.807, 2.05) is 6.92 Å². The van der Waals surface area contributed by atoms with Gasteiger partial charge in [-0.05, 0) is 24.6 Å². The van der Waals surface area contributed by atoms with E-state index in [0.29, 0.717) is 12.4 Å². The van der Waals surface area contributed by atoms with Crippen molar-refractivity contribution in [2.75, 3.05) is 0 Å². The number of carbonyl (C=O) groups is 1. The van der Waals surface area contributed by atoms with Crippen molar-refractivity contribution in [1.29, 1.82) is 0 Å². The maximum absolute atomic E-state index is 13.2. The van der Waals surface area contributed by atoms with Crippen LogP contribution in [0, 0.1) is 5.82 Å². The van der Waals surface area contributed by atoms with Crippen LogP contribution in [0.1, 0.15) is 35.9 Å². The molecule has 0 saturated carbocycles. The summed E-state index contributed by atoms with van der Waals surface area (Å²) in [5.74, 6) is -0.950. The third-order valence-electron chi connectivity index (χ3n) is 4.23. The number of carbonyl (C=O) groups excluding carboxylic acids is 1. The normalized spacial score (nSPS) is 11.1. The van der Waals surface area contributed by atoms with Gasteiger partial charge in [0, 0.05) is 13.6 Å². The van der Waals surface area contributed by atoms with Gasteiger partial charge in [-0.25, -0.2) is 19.0 Å². The van der Waals surface area contributed by atoms with E-state index in [9.17, 15) is 18.8 Å². The summed E-state index contributed by atoms with van der Waals surface area (Å²) in [6.07, 6.45) is 1.62. The van der Waals surface area contributed by atoms with Crippen molar-refractivity contribution in [1.82, 2.24) is 19.1 Å². The maximum atomic E-state index is 13.2. The highest BCUT2D eigenvalue weighted by Gasteiger charge is 2.18. The van der Waals surface area contributed by atoms with Crippen LogP contribution < -0.4 is 11.2 Å². The Morgan fingerprint density at radius 2 is 2.11 bits per heavy atom. The second kappa shape index (κ2) is 7.56. The molecule has 142 valence electrons. The minimum atomic E-state index is -0.709. The molecule has 3 aromatic rings. The summed E-state index contributed by atoms with van der Waals surface area (Å²) in [4.78, 5) is 43.0. The van der Waals surface area contributed by atoms with Crippen molar-refractivity contribution in [3.05, 3.63) is 62.3 Å². The number of aromatic amines is 1. The quantitative estimate of drug-likeness (QED) is 0.663. The largest absolute Gasteiger partial charge is 0.454 e. The lowest BCUT2D eigenvalue weighted by molar-refractivity contribution is 0.0459. The van der Waals surface area contributed by atoms with E-state index >= 15 is 0 Å². The van der Waals surface area contributed by atoms with E-state index in [1.54, 1.807) is 7.05 Å². The van der Waals surface area contributed by atoms with Gasteiger partial charge in [-0.3, -0.25) is 14.3 Å². The predicted octanol–water partition coefficient (Wildman–Crippen LogP) is 1.72. The van der Waals surface area contributed by atoms with Crippen LogP contribution in [-0.4, -0.2) is 25.1 Å². The van der Waals surface area contributed by atoms with Crippen molar-refractivity contribution < 1.29 is 13.9 Å². The minimum absolute atomic E-state index is 0.0754. The van der Waals surface area contributed by atoms with Crippen LogP contribution in [0.2, 0.25) is 0 Å². The summed E-state index contributed by atoms with van der Waals surface area (Å²) in [6.45, 7) is 2.19. The molecular formula is C18H19FN4O4. The van der Waals surface area contributed by atoms with Gasteiger partial charge >= 0.3 is 11.7 Å². The first kappa shape index (κ1) is 18.6. The molecule has 0 fully saturated rings. The molecule has 9 heteroatoms. The molecule has 2 heterocycles. The topological polar surface area (TPSA) is 99.0 Å². The first-order chi connectivity index (χ1) is 12.9. The number of fused-ring (bicyclic) bond motifs is 1. The standard InChI is InChI=1S/C18H19FN4O4/c1-3-4-8-23-15-14(16(24)21-18(23)26)22(2)13(20-15)10-27-17(25)11-6-5-7-12(19)9-11/h5-7,9H,3-4,8,10H2,1-2H3,(H,21,24,26). The number of nitrogens with one attached hydrogen (secondary N) is 1. The zero-order valence-corrected chi connectivity index (χ0v) is 15.0. The highest BCUT2D eigenvalue weighted by Crippen LogP contribution is 2.12. The Morgan fingerprint density at radius 1 is 1.33 bits per heavy atom. The number of imidazole rings is 1. The molecule has 0 saturated heterocycles. The van der Waals surface area contributed by atoms with Crippen LogP contribution in [-0.2, 0) is 24.9 Å². The molecular weight excluding hydrogens is 355 g/mol. The third kappa shape index (κ3) is 3.67. The van der Waals surface area contributed by atoms with Crippen LogP contribution in [0.25, 0.3) is 11.2 Å². The molecule has 0 atom stereocenters. The first-order valence-electron chi connectivity index (χ1n) is 8.53. The molecule has 27 heavy (non-hydrogen) atoms. The summed E-state index contributed by atoms with van der Waals surface area (Å²) < 4.78 is 21.3. The zero-order chi connectivity index (χ0) is 19.6. The second-order valence-electron chi connectivity index (χ2n) is 6.11. The number of esters is 1. The van der Waals surface area contributed by atoms with Crippen LogP contribution in [0.3, 0.4) is 0 Å². The monoisotopic (exact) mass is 374 g/mol. The fraction of sp³-hybridized carbons (Fsp3) is 0.333.